The topological polar surface area (TPSA) is 42.7 Å². The number of hydrogen-bond donors (Lipinski definition) is 1. The van der Waals surface area contributed by atoms with Gasteiger partial charge in [-0.2, -0.15) is 0 Å². The number of rotatable bonds is 5. The van der Waals surface area contributed by atoms with Crippen LogP contribution in [0.1, 0.15) is 38.4 Å². The van der Waals surface area contributed by atoms with Crippen molar-refractivity contribution in [2.24, 2.45) is 7.05 Å². The molecule has 1 unspecified atom stereocenters. The summed E-state index contributed by atoms with van der Waals surface area (Å²) in [5, 5.41) is 11.2. The lowest BCUT2D eigenvalue weighted by molar-refractivity contribution is 0.474. The van der Waals surface area contributed by atoms with Crippen molar-refractivity contribution in [1.29, 1.82) is 0 Å². The third-order valence-corrected chi connectivity index (χ3v) is 2.13. The van der Waals surface area contributed by atoms with E-state index in [9.17, 15) is 0 Å². The summed E-state index contributed by atoms with van der Waals surface area (Å²) in [6.45, 7) is 5.29. The SMILES string of the molecule is CCCC(NCC)c1cnnn1C. The van der Waals surface area contributed by atoms with Crippen molar-refractivity contribution in [1.82, 2.24) is 20.3 Å². The highest BCUT2D eigenvalue weighted by atomic mass is 15.4. The highest BCUT2D eigenvalue weighted by Gasteiger charge is 2.12. The molecule has 1 aromatic rings. The van der Waals surface area contributed by atoms with E-state index in [0.717, 1.165) is 13.0 Å². The third-order valence-electron chi connectivity index (χ3n) is 2.13. The lowest BCUT2D eigenvalue weighted by Gasteiger charge is -2.16. The fourth-order valence-electron chi connectivity index (χ4n) is 1.50. The van der Waals surface area contributed by atoms with E-state index in [1.54, 1.807) is 0 Å². The molecule has 1 atom stereocenters. The van der Waals surface area contributed by atoms with Gasteiger partial charge in [0.05, 0.1) is 17.9 Å². The molecule has 4 nitrogen and oxygen atoms in total. The Morgan fingerprint density at radius 1 is 1.54 bits per heavy atom. The van der Waals surface area contributed by atoms with E-state index in [-0.39, 0.29) is 0 Å². The van der Waals surface area contributed by atoms with Gasteiger partial charge in [0.25, 0.3) is 0 Å². The number of aryl methyl sites for hydroxylation is 1. The van der Waals surface area contributed by atoms with Gasteiger partial charge in [-0.05, 0) is 13.0 Å². The minimum Gasteiger partial charge on any atom is -0.309 e. The molecule has 1 heterocycles. The molecule has 0 fully saturated rings. The first-order chi connectivity index (χ1) is 6.29. The first kappa shape index (κ1) is 10.2. The van der Waals surface area contributed by atoms with Gasteiger partial charge < -0.3 is 5.32 Å². The normalized spacial score (nSPS) is 13.2. The van der Waals surface area contributed by atoms with Crippen LogP contribution in [0.4, 0.5) is 0 Å². The standard InChI is InChI=1S/C9H18N4/c1-4-6-8(10-5-2)9-7-11-12-13(9)3/h7-8,10H,4-6H2,1-3H3. The summed E-state index contributed by atoms with van der Waals surface area (Å²) >= 11 is 0. The van der Waals surface area contributed by atoms with Crippen LogP contribution in [0.5, 0.6) is 0 Å². The largest absolute Gasteiger partial charge is 0.309 e. The fourth-order valence-corrected chi connectivity index (χ4v) is 1.50. The van der Waals surface area contributed by atoms with Crippen molar-refractivity contribution in [2.75, 3.05) is 6.54 Å². The van der Waals surface area contributed by atoms with E-state index in [2.05, 4.69) is 29.5 Å². The summed E-state index contributed by atoms with van der Waals surface area (Å²) in [6.07, 6.45) is 4.14. The molecule has 0 spiro atoms. The lowest BCUT2D eigenvalue weighted by Crippen LogP contribution is -2.22. The van der Waals surface area contributed by atoms with Crippen LogP contribution in [0.15, 0.2) is 6.20 Å². The second-order valence-electron chi connectivity index (χ2n) is 3.18. The second-order valence-corrected chi connectivity index (χ2v) is 3.18. The van der Waals surface area contributed by atoms with E-state index in [4.69, 9.17) is 0 Å². The molecule has 1 rings (SSSR count). The van der Waals surface area contributed by atoms with Crippen molar-refractivity contribution >= 4 is 0 Å². The zero-order valence-corrected chi connectivity index (χ0v) is 8.62. The second kappa shape index (κ2) is 4.97. The first-order valence-electron chi connectivity index (χ1n) is 4.87. The van der Waals surface area contributed by atoms with E-state index in [0.29, 0.717) is 6.04 Å². The van der Waals surface area contributed by atoms with Crippen molar-refractivity contribution < 1.29 is 0 Å². The van der Waals surface area contributed by atoms with Gasteiger partial charge in [-0.25, -0.2) is 0 Å². The van der Waals surface area contributed by atoms with Crippen LogP contribution in [0.3, 0.4) is 0 Å². The van der Waals surface area contributed by atoms with Crippen molar-refractivity contribution in [3.05, 3.63) is 11.9 Å². The molecular weight excluding hydrogens is 164 g/mol. The van der Waals surface area contributed by atoms with Gasteiger partial charge in [0.2, 0.25) is 0 Å². The van der Waals surface area contributed by atoms with Gasteiger partial charge in [-0.3, -0.25) is 4.68 Å². The number of nitrogens with zero attached hydrogens (tertiary/aromatic N) is 3. The van der Waals surface area contributed by atoms with Gasteiger partial charge in [0.15, 0.2) is 0 Å². The van der Waals surface area contributed by atoms with Gasteiger partial charge in [0.1, 0.15) is 0 Å². The highest BCUT2D eigenvalue weighted by molar-refractivity contribution is 5.01. The smallest absolute Gasteiger partial charge is 0.0753 e. The third kappa shape index (κ3) is 2.52. The van der Waals surface area contributed by atoms with Crippen molar-refractivity contribution in [2.45, 2.75) is 32.7 Å². The molecule has 0 radical (unpaired) electrons. The molecule has 0 saturated heterocycles. The monoisotopic (exact) mass is 182 g/mol. The molecule has 0 bridgehead atoms. The molecular formula is C9H18N4. The Morgan fingerprint density at radius 2 is 2.31 bits per heavy atom. The Balaban J connectivity index is 2.69. The Bertz CT molecular complexity index is 238. The van der Waals surface area contributed by atoms with Crippen LogP contribution in [-0.2, 0) is 7.05 Å². The maximum Gasteiger partial charge on any atom is 0.0753 e. The molecule has 0 aliphatic rings. The van der Waals surface area contributed by atoms with E-state index < -0.39 is 0 Å². The Morgan fingerprint density at radius 3 is 2.77 bits per heavy atom. The average molecular weight is 182 g/mol. The Kier molecular flexibility index (Phi) is 3.89. The maximum atomic E-state index is 3.93. The zero-order chi connectivity index (χ0) is 9.68. The van der Waals surface area contributed by atoms with E-state index >= 15 is 0 Å². The predicted molar refractivity (Wildman–Crippen MR) is 52.3 cm³/mol. The zero-order valence-electron chi connectivity index (χ0n) is 8.62. The highest BCUT2D eigenvalue weighted by Crippen LogP contribution is 2.15. The molecule has 0 amide bonds. The summed E-state index contributed by atoms with van der Waals surface area (Å²) in [7, 11) is 1.93. The van der Waals surface area contributed by atoms with Crippen LogP contribution in [0.25, 0.3) is 0 Å². The Labute approximate surface area is 79.3 Å². The molecule has 1 N–H and O–H groups in total. The van der Waals surface area contributed by atoms with E-state index in [1.807, 2.05) is 17.9 Å². The summed E-state index contributed by atoms with van der Waals surface area (Å²) in [5.41, 5.74) is 1.17. The minimum atomic E-state index is 0.398. The van der Waals surface area contributed by atoms with Crippen molar-refractivity contribution in [3.8, 4) is 0 Å². The molecule has 13 heavy (non-hydrogen) atoms. The average Bonchev–Trinajstić information content (AvgIpc) is 2.51. The van der Waals surface area contributed by atoms with Gasteiger partial charge >= 0.3 is 0 Å². The minimum absolute atomic E-state index is 0.398. The van der Waals surface area contributed by atoms with Crippen molar-refractivity contribution in [3.63, 3.8) is 0 Å². The summed E-state index contributed by atoms with van der Waals surface area (Å²) < 4.78 is 1.84. The quantitative estimate of drug-likeness (QED) is 0.745. The van der Waals surface area contributed by atoms with Crippen LogP contribution >= 0.6 is 0 Å². The first-order valence-corrected chi connectivity index (χ1v) is 4.87. The number of aromatic nitrogens is 3. The summed E-state index contributed by atoms with van der Waals surface area (Å²) in [4.78, 5) is 0. The van der Waals surface area contributed by atoms with Crippen LogP contribution in [0.2, 0.25) is 0 Å². The number of hydrogen-bond acceptors (Lipinski definition) is 3. The summed E-state index contributed by atoms with van der Waals surface area (Å²) in [5.74, 6) is 0. The molecule has 0 aliphatic carbocycles. The van der Waals surface area contributed by atoms with Crippen LogP contribution in [0, 0.1) is 0 Å². The summed E-state index contributed by atoms with van der Waals surface area (Å²) in [6, 6.07) is 0.398. The molecule has 4 heteroatoms. The molecule has 74 valence electrons. The molecule has 1 aromatic heterocycles. The van der Waals surface area contributed by atoms with Crippen LogP contribution < -0.4 is 5.32 Å². The molecule has 0 aliphatic heterocycles. The number of nitrogens with one attached hydrogen (secondary N) is 1. The molecule has 0 saturated carbocycles. The lowest BCUT2D eigenvalue weighted by atomic mass is 10.1. The molecule has 0 aromatic carbocycles. The fraction of sp³-hybridized carbons (Fsp3) is 0.778. The van der Waals surface area contributed by atoms with Crippen LogP contribution in [-0.4, -0.2) is 21.5 Å². The van der Waals surface area contributed by atoms with Gasteiger partial charge in [-0.1, -0.05) is 25.5 Å². The van der Waals surface area contributed by atoms with Gasteiger partial charge in [-0.15, -0.1) is 5.10 Å². The maximum absolute atomic E-state index is 3.93. The van der Waals surface area contributed by atoms with E-state index in [1.165, 1.54) is 12.1 Å². The Hall–Kier alpha value is -0.900. The van der Waals surface area contributed by atoms with Gasteiger partial charge in [0, 0.05) is 7.05 Å². The predicted octanol–water partition coefficient (Wildman–Crippen LogP) is 1.27.